The third-order valence-electron chi connectivity index (χ3n) is 8.75. The van der Waals surface area contributed by atoms with Crippen molar-refractivity contribution in [2.45, 2.75) is 52.6 Å². The van der Waals surface area contributed by atoms with Crippen LogP contribution >= 0.6 is 0 Å². The van der Waals surface area contributed by atoms with E-state index in [0.29, 0.717) is 34.1 Å². The number of benzene rings is 2. The lowest BCUT2D eigenvalue weighted by Gasteiger charge is -2.34. The van der Waals surface area contributed by atoms with Gasteiger partial charge in [0, 0.05) is 0 Å². The summed E-state index contributed by atoms with van der Waals surface area (Å²) in [6, 6.07) is 9.42. The summed E-state index contributed by atoms with van der Waals surface area (Å²) >= 11 is 0. The third kappa shape index (κ3) is 7.00. The van der Waals surface area contributed by atoms with Crippen molar-refractivity contribution in [3.05, 3.63) is 47.5 Å². The predicted octanol–water partition coefficient (Wildman–Crippen LogP) is 4.75. The average molecular weight is 641 g/mol. The number of ether oxygens (including phenoxy) is 6. The molecule has 12 heteroatoms. The van der Waals surface area contributed by atoms with E-state index in [1.54, 1.807) is 36.4 Å². The molecule has 2 aromatic carbocycles. The van der Waals surface area contributed by atoms with Crippen LogP contribution in [0.25, 0.3) is 0 Å². The topological polar surface area (TPSA) is 130 Å². The normalized spacial score (nSPS) is 19.2. The molecular weight excluding hydrogens is 596 g/mol. The number of nitrogens with zero attached hydrogens (tertiary/aromatic N) is 2. The zero-order valence-corrected chi connectivity index (χ0v) is 27.7. The van der Waals surface area contributed by atoms with Gasteiger partial charge in [0.05, 0.1) is 52.4 Å². The average Bonchev–Trinajstić information content (AvgIpc) is 3.64. The molecule has 12 nitrogen and oxygen atoms in total. The molecule has 2 aromatic rings. The fraction of sp³-hybridized carbons (Fsp3) is 0.529. The fourth-order valence-electron chi connectivity index (χ4n) is 6.04. The molecule has 0 N–H and O–H groups in total. The molecule has 0 aromatic heterocycles. The Morgan fingerprint density at radius 2 is 1.00 bits per heavy atom. The highest BCUT2D eigenvalue weighted by atomic mass is 16.6. The molecule has 0 saturated carbocycles. The molecule has 0 spiro atoms. The van der Waals surface area contributed by atoms with E-state index >= 15 is 0 Å². The Bertz CT molecular complexity index is 1330. The van der Waals surface area contributed by atoms with Crippen LogP contribution in [0.4, 0.5) is 9.59 Å². The van der Waals surface area contributed by atoms with Gasteiger partial charge in [0.1, 0.15) is 13.2 Å². The Morgan fingerprint density at radius 3 is 1.30 bits per heavy atom. The number of cyclic esters (lactones) is 2. The van der Waals surface area contributed by atoms with E-state index in [2.05, 4.69) is 0 Å². The Balaban J connectivity index is 1.88. The largest absolute Gasteiger partial charge is 0.493 e. The van der Waals surface area contributed by atoms with Crippen LogP contribution in [-0.4, -0.2) is 87.5 Å². The van der Waals surface area contributed by atoms with Crippen LogP contribution in [0, 0.1) is 23.7 Å². The first kappa shape index (κ1) is 34.4. The van der Waals surface area contributed by atoms with Crippen LogP contribution in [0.15, 0.2) is 36.4 Å². The summed E-state index contributed by atoms with van der Waals surface area (Å²) < 4.78 is 32.5. The van der Waals surface area contributed by atoms with Crippen LogP contribution in [0.1, 0.15) is 38.8 Å². The maximum atomic E-state index is 14.7. The highest BCUT2D eigenvalue weighted by Gasteiger charge is 2.49. The van der Waals surface area contributed by atoms with Gasteiger partial charge in [-0.1, -0.05) is 39.8 Å². The third-order valence-corrected chi connectivity index (χ3v) is 8.75. The lowest BCUT2D eigenvalue weighted by Crippen LogP contribution is -2.52. The minimum Gasteiger partial charge on any atom is -0.493 e. The maximum Gasteiger partial charge on any atom is 0.416 e. The van der Waals surface area contributed by atoms with E-state index in [0.717, 1.165) is 9.80 Å². The molecule has 0 radical (unpaired) electrons. The summed E-state index contributed by atoms with van der Waals surface area (Å²) in [4.78, 5) is 57.7. The standard InChI is InChI=1S/C34H44N2O10/c1-19(2)25-17-45-33(39)35(25)31(37)23(13-21-9-11-27(41-5)29(15-21)43-7)24(14-22-10-12-28(42-6)30(16-22)44-8)32(38)36-26(20(3)4)18-46-34(36)40/h9-12,15-16,19-20,23-26H,13-14,17-18H2,1-8H3/t23-,24-,25-,26-/m1/s1. The van der Waals surface area contributed by atoms with Crippen molar-refractivity contribution in [1.29, 1.82) is 0 Å². The van der Waals surface area contributed by atoms with Gasteiger partial charge in [0.15, 0.2) is 23.0 Å². The van der Waals surface area contributed by atoms with Crippen LogP contribution < -0.4 is 18.9 Å². The molecule has 2 saturated heterocycles. The smallest absolute Gasteiger partial charge is 0.416 e. The minimum atomic E-state index is -1.09. The van der Waals surface area contributed by atoms with E-state index in [-0.39, 0.29) is 37.9 Å². The van der Waals surface area contributed by atoms with Gasteiger partial charge in [0.25, 0.3) is 0 Å². The summed E-state index contributed by atoms with van der Waals surface area (Å²) in [5.41, 5.74) is 1.33. The summed E-state index contributed by atoms with van der Waals surface area (Å²) in [5, 5.41) is 0. The van der Waals surface area contributed by atoms with Gasteiger partial charge in [-0.15, -0.1) is 0 Å². The lowest BCUT2D eigenvalue weighted by atomic mass is 9.80. The molecule has 2 heterocycles. The van der Waals surface area contributed by atoms with Crippen molar-refractivity contribution < 1.29 is 47.6 Å². The first-order valence-corrected chi connectivity index (χ1v) is 15.4. The number of amides is 4. The van der Waals surface area contributed by atoms with Gasteiger partial charge in [-0.25, -0.2) is 19.4 Å². The highest BCUT2D eigenvalue weighted by Crippen LogP contribution is 2.36. The van der Waals surface area contributed by atoms with Crippen molar-refractivity contribution >= 4 is 24.0 Å². The first-order valence-electron chi connectivity index (χ1n) is 15.4. The van der Waals surface area contributed by atoms with Gasteiger partial charge in [-0.3, -0.25) is 9.59 Å². The second kappa shape index (κ2) is 14.7. The van der Waals surface area contributed by atoms with E-state index < -0.39 is 47.9 Å². The van der Waals surface area contributed by atoms with Crippen LogP contribution in [0.5, 0.6) is 23.0 Å². The Hall–Kier alpha value is -4.48. The maximum absolute atomic E-state index is 14.7. The second-order valence-corrected chi connectivity index (χ2v) is 12.2. The summed E-state index contributed by atoms with van der Waals surface area (Å²) in [6.45, 7) is 7.69. The van der Waals surface area contributed by atoms with E-state index in [4.69, 9.17) is 28.4 Å². The van der Waals surface area contributed by atoms with Crippen LogP contribution in [-0.2, 0) is 31.9 Å². The number of hydrogen-bond acceptors (Lipinski definition) is 10. The van der Waals surface area contributed by atoms with Gasteiger partial charge in [-0.2, -0.15) is 0 Å². The molecule has 0 aliphatic carbocycles. The van der Waals surface area contributed by atoms with E-state index in [1.165, 1.54) is 28.4 Å². The number of methoxy groups -OCH3 is 4. The summed E-state index contributed by atoms with van der Waals surface area (Å²) in [7, 11) is 6.05. The molecule has 4 atom stereocenters. The molecule has 2 aliphatic rings. The molecule has 2 fully saturated rings. The summed E-state index contributed by atoms with van der Waals surface area (Å²) in [5.74, 6) is -1.64. The van der Waals surface area contributed by atoms with E-state index in [1.807, 2.05) is 27.7 Å². The minimum absolute atomic E-state index is 0.0483. The number of imide groups is 2. The predicted molar refractivity (Wildman–Crippen MR) is 167 cm³/mol. The number of carbonyl (C=O) groups is 4. The van der Waals surface area contributed by atoms with Gasteiger partial charge in [-0.05, 0) is 60.1 Å². The Kier molecular flexibility index (Phi) is 11.0. The van der Waals surface area contributed by atoms with Crippen molar-refractivity contribution in [2.24, 2.45) is 23.7 Å². The number of carbonyl (C=O) groups excluding carboxylic acids is 4. The molecular formula is C34H44N2O10. The Morgan fingerprint density at radius 1 is 0.652 bits per heavy atom. The van der Waals surface area contributed by atoms with E-state index in [9.17, 15) is 19.2 Å². The van der Waals surface area contributed by atoms with Crippen LogP contribution in [0.3, 0.4) is 0 Å². The molecule has 0 bridgehead atoms. The molecule has 250 valence electrons. The number of hydrogen-bond donors (Lipinski definition) is 0. The van der Waals surface area contributed by atoms with Crippen LogP contribution in [0.2, 0.25) is 0 Å². The Labute approximate surface area is 269 Å². The highest BCUT2D eigenvalue weighted by molar-refractivity contribution is 6.00. The molecule has 4 amide bonds. The molecule has 2 aliphatic heterocycles. The van der Waals surface area contributed by atoms with Crippen molar-refractivity contribution in [3.8, 4) is 23.0 Å². The van der Waals surface area contributed by atoms with Gasteiger partial charge < -0.3 is 28.4 Å². The zero-order chi connectivity index (χ0) is 33.7. The summed E-state index contributed by atoms with van der Waals surface area (Å²) in [6.07, 6.45) is -1.43. The SMILES string of the molecule is COc1ccc(C[C@@H](C(=O)N2C(=O)OC[C@@H]2C(C)C)[C@@H](Cc2ccc(OC)c(OC)c2)C(=O)N2C(=O)OC[C@@H]2C(C)C)cc1OC. The molecule has 46 heavy (non-hydrogen) atoms. The first-order chi connectivity index (χ1) is 21.9. The fourth-order valence-corrected chi connectivity index (χ4v) is 6.04. The molecule has 4 rings (SSSR count). The molecule has 0 unspecified atom stereocenters. The van der Waals surface area contributed by atoms with Crippen molar-refractivity contribution in [2.75, 3.05) is 41.7 Å². The second-order valence-electron chi connectivity index (χ2n) is 12.2. The van der Waals surface area contributed by atoms with Gasteiger partial charge in [0.2, 0.25) is 11.8 Å². The van der Waals surface area contributed by atoms with Crippen molar-refractivity contribution in [1.82, 2.24) is 9.80 Å². The van der Waals surface area contributed by atoms with Gasteiger partial charge >= 0.3 is 12.2 Å². The zero-order valence-electron chi connectivity index (χ0n) is 27.7. The lowest BCUT2D eigenvalue weighted by molar-refractivity contribution is -0.145. The van der Waals surface area contributed by atoms with Crippen molar-refractivity contribution in [3.63, 3.8) is 0 Å². The quantitative estimate of drug-likeness (QED) is 0.303. The number of rotatable bonds is 13. The monoisotopic (exact) mass is 640 g/mol.